The molecule has 3 amide bonds. The van der Waals surface area contributed by atoms with Crippen LogP contribution in [0, 0.1) is 11.8 Å². The number of amides is 3. The zero-order valence-corrected chi connectivity index (χ0v) is 25.1. The summed E-state index contributed by atoms with van der Waals surface area (Å²) in [6.45, 7) is 2.12. The van der Waals surface area contributed by atoms with Crippen molar-refractivity contribution in [3.8, 4) is 0 Å². The van der Waals surface area contributed by atoms with Gasteiger partial charge in [-0.25, -0.2) is 9.59 Å². The van der Waals surface area contributed by atoms with Gasteiger partial charge in [0.15, 0.2) is 0 Å². The highest BCUT2D eigenvalue weighted by atomic mass is 35.5. The Morgan fingerprint density at radius 2 is 1.67 bits per heavy atom. The van der Waals surface area contributed by atoms with Crippen molar-refractivity contribution < 1.29 is 29.0 Å². The molecule has 2 aromatic rings. The van der Waals surface area contributed by atoms with Gasteiger partial charge in [-0.2, -0.15) is 0 Å². The molecule has 1 aliphatic carbocycles. The summed E-state index contributed by atoms with van der Waals surface area (Å²) in [6, 6.07) is 14.4. The Morgan fingerprint density at radius 1 is 0.976 bits per heavy atom. The number of benzene rings is 2. The molecule has 1 aliphatic rings. The predicted molar refractivity (Wildman–Crippen MR) is 161 cm³/mol. The van der Waals surface area contributed by atoms with Crippen molar-refractivity contribution in [1.82, 2.24) is 15.5 Å². The molecule has 3 atom stereocenters. The Kier molecular flexibility index (Phi) is 13.1. The number of carbonyl (C=O) groups is 4. The van der Waals surface area contributed by atoms with Crippen LogP contribution in [0.4, 0.5) is 4.79 Å². The largest absolute Gasteiger partial charge is 0.480 e. The Labute approximate surface area is 252 Å². The van der Waals surface area contributed by atoms with Crippen molar-refractivity contribution >= 4 is 35.5 Å². The maximum Gasteiger partial charge on any atom is 0.408 e. The lowest BCUT2D eigenvalue weighted by atomic mass is 9.84. The van der Waals surface area contributed by atoms with Crippen LogP contribution in [-0.2, 0) is 32.1 Å². The molecule has 0 saturated heterocycles. The topological polar surface area (TPSA) is 125 Å². The number of hydrogen-bond acceptors (Lipinski definition) is 5. The lowest BCUT2D eigenvalue weighted by molar-refractivity contribution is -0.143. The number of aliphatic carboxylic acids is 1. The molecule has 0 radical (unpaired) electrons. The van der Waals surface area contributed by atoms with Gasteiger partial charge in [-0.15, -0.1) is 0 Å². The van der Waals surface area contributed by atoms with Gasteiger partial charge in [-0.3, -0.25) is 9.59 Å². The lowest BCUT2D eigenvalue weighted by Crippen LogP contribution is -2.53. The second kappa shape index (κ2) is 16.8. The lowest BCUT2D eigenvalue weighted by Gasteiger charge is -2.28. The molecule has 9 nitrogen and oxygen atoms in total. The molecule has 0 aromatic heterocycles. The third-order valence-electron chi connectivity index (χ3n) is 7.74. The minimum Gasteiger partial charge on any atom is -0.480 e. The maximum absolute atomic E-state index is 13.4. The van der Waals surface area contributed by atoms with E-state index in [1.54, 1.807) is 43.1 Å². The summed E-state index contributed by atoms with van der Waals surface area (Å²) in [7, 11) is 1.69. The van der Waals surface area contributed by atoms with Crippen molar-refractivity contribution in [1.29, 1.82) is 0 Å². The van der Waals surface area contributed by atoms with Gasteiger partial charge in [0, 0.05) is 24.5 Å². The zero-order valence-electron chi connectivity index (χ0n) is 24.4. The normalized spacial score (nSPS) is 15.6. The van der Waals surface area contributed by atoms with E-state index in [9.17, 15) is 24.3 Å². The smallest absolute Gasteiger partial charge is 0.408 e. The first kappa shape index (κ1) is 32.9. The van der Waals surface area contributed by atoms with E-state index in [0.717, 1.165) is 37.7 Å². The SMILES string of the molecule is CC(C[C@H](NC(=O)C(CC1CCCCC1)NC(=O)OCc1cccc(Cl)c1)C(=O)O)C(=O)N(C)CCc1ccccc1. The second-order valence-electron chi connectivity index (χ2n) is 11.2. The van der Waals surface area contributed by atoms with Crippen LogP contribution in [0.3, 0.4) is 0 Å². The summed E-state index contributed by atoms with van der Waals surface area (Å²) in [6.07, 6.45) is 5.30. The molecule has 0 aliphatic heterocycles. The van der Waals surface area contributed by atoms with E-state index in [2.05, 4.69) is 10.6 Å². The number of likely N-dealkylation sites (N-methyl/N-ethyl adjacent to an activating group) is 1. The van der Waals surface area contributed by atoms with E-state index in [1.165, 1.54) is 0 Å². The predicted octanol–water partition coefficient (Wildman–Crippen LogP) is 5.20. The minimum atomic E-state index is -1.29. The van der Waals surface area contributed by atoms with E-state index in [0.29, 0.717) is 30.0 Å². The molecular formula is C32H42ClN3O6. The van der Waals surface area contributed by atoms with Crippen molar-refractivity contribution in [2.75, 3.05) is 13.6 Å². The number of alkyl carbamates (subject to hydrolysis) is 1. The van der Waals surface area contributed by atoms with Gasteiger partial charge in [0.05, 0.1) is 0 Å². The zero-order chi connectivity index (χ0) is 30.5. The number of hydrogen-bond donors (Lipinski definition) is 3. The van der Waals surface area contributed by atoms with Gasteiger partial charge in [-0.1, -0.05) is 93.1 Å². The fourth-order valence-corrected chi connectivity index (χ4v) is 5.54. The van der Waals surface area contributed by atoms with E-state index in [-0.39, 0.29) is 24.9 Å². The van der Waals surface area contributed by atoms with Gasteiger partial charge in [0.25, 0.3) is 0 Å². The van der Waals surface area contributed by atoms with Crippen molar-refractivity contribution in [2.24, 2.45) is 11.8 Å². The first-order valence-corrected chi connectivity index (χ1v) is 15.0. The number of carbonyl (C=O) groups excluding carboxylic acids is 3. The Bertz CT molecular complexity index is 1190. The number of carboxylic acid groups (broad SMARTS) is 1. The maximum atomic E-state index is 13.4. The first-order valence-electron chi connectivity index (χ1n) is 14.6. The number of rotatable bonds is 14. The second-order valence-corrected chi connectivity index (χ2v) is 11.6. The highest BCUT2D eigenvalue weighted by molar-refractivity contribution is 6.30. The Morgan fingerprint density at radius 3 is 2.33 bits per heavy atom. The van der Waals surface area contributed by atoms with Gasteiger partial charge in [0.1, 0.15) is 18.7 Å². The molecule has 2 unspecified atom stereocenters. The van der Waals surface area contributed by atoms with E-state index in [4.69, 9.17) is 16.3 Å². The first-order chi connectivity index (χ1) is 20.1. The molecule has 3 N–H and O–H groups in total. The summed E-state index contributed by atoms with van der Waals surface area (Å²) in [5, 5.41) is 15.6. The molecule has 3 rings (SSSR count). The molecule has 0 bridgehead atoms. The van der Waals surface area contributed by atoms with Crippen molar-refractivity contribution in [3.05, 3.63) is 70.7 Å². The molecule has 0 heterocycles. The van der Waals surface area contributed by atoms with Gasteiger partial charge < -0.3 is 25.4 Å². The third-order valence-corrected chi connectivity index (χ3v) is 7.98. The number of carboxylic acids is 1. The number of nitrogens with zero attached hydrogens (tertiary/aromatic N) is 1. The van der Waals surface area contributed by atoms with Gasteiger partial charge in [-0.05, 0) is 48.4 Å². The van der Waals surface area contributed by atoms with Crippen LogP contribution >= 0.6 is 11.6 Å². The fourth-order valence-electron chi connectivity index (χ4n) is 5.32. The van der Waals surface area contributed by atoms with E-state index in [1.807, 2.05) is 30.3 Å². The van der Waals surface area contributed by atoms with Crippen LogP contribution in [0.15, 0.2) is 54.6 Å². The molecule has 1 fully saturated rings. The summed E-state index contributed by atoms with van der Waals surface area (Å²) in [5.74, 6) is -2.46. The number of halogens is 1. The average Bonchev–Trinajstić information content (AvgIpc) is 2.98. The standard InChI is InChI=1S/C32H42ClN3O6/c1-22(30(38)36(2)17-16-23-10-5-3-6-11-23)18-28(31(39)40)34-29(37)27(20-24-12-7-4-8-13-24)35-32(41)42-21-25-14-9-15-26(33)19-25/h3,5-6,9-11,14-15,19,22,24,27-28H,4,7-8,12-13,16-18,20-21H2,1-2H3,(H,34,37)(H,35,41)(H,39,40)/t22?,27?,28-/m0/s1. The van der Waals surface area contributed by atoms with Crippen LogP contribution < -0.4 is 10.6 Å². The molecular weight excluding hydrogens is 558 g/mol. The molecule has 0 spiro atoms. The average molecular weight is 600 g/mol. The Hall–Kier alpha value is -3.59. The van der Waals surface area contributed by atoms with Gasteiger partial charge in [0.2, 0.25) is 11.8 Å². The molecule has 10 heteroatoms. The van der Waals surface area contributed by atoms with Crippen molar-refractivity contribution in [2.45, 2.75) is 77.0 Å². The summed E-state index contributed by atoms with van der Waals surface area (Å²) < 4.78 is 5.33. The quantitative estimate of drug-likeness (QED) is 0.274. The molecule has 42 heavy (non-hydrogen) atoms. The van der Waals surface area contributed by atoms with Crippen LogP contribution in [0.25, 0.3) is 0 Å². The van der Waals surface area contributed by atoms with Crippen LogP contribution in [0.2, 0.25) is 5.02 Å². The molecule has 1 saturated carbocycles. The molecule has 228 valence electrons. The monoisotopic (exact) mass is 599 g/mol. The van der Waals surface area contributed by atoms with Crippen LogP contribution in [0.5, 0.6) is 0 Å². The summed E-state index contributed by atoms with van der Waals surface area (Å²) in [4.78, 5) is 52.8. The van der Waals surface area contributed by atoms with Crippen LogP contribution in [0.1, 0.15) is 63.0 Å². The number of nitrogens with one attached hydrogen (secondary N) is 2. The van der Waals surface area contributed by atoms with Crippen LogP contribution in [-0.4, -0.2) is 59.6 Å². The van der Waals surface area contributed by atoms with E-state index < -0.39 is 36.0 Å². The highest BCUT2D eigenvalue weighted by Gasteiger charge is 2.32. The summed E-state index contributed by atoms with van der Waals surface area (Å²) in [5.41, 5.74) is 1.80. The van der Waals surface area contributed by atoms with E-state index >= 15 is 0 Å². The number of ether oxygens (including phenoxy) is 1. The minimum absolute atomic E-state index is 0.0284. The highest BCUT2D eigenvalue weighted by Crippen LogP contribution is 2.27. The Balaban J connectivity index is 1.59. The third kappa shape index (κ3) is 11.0. The van der Waals surface area contributed by atoms with Crippen molar-refractivity contribution in [3.63, 3.8) is 0 Å². The fraction of sp³-hybridized carbons (Fsp3) is 0.500. The molecule has 2 aromatic carbocycles. The van der Waals surface area contributed by atoms with Gasteiger partial charge >= 0.3 is 12.1 Å². The summed E-state index contributed by atoms with van der Waals surface area (Å²) >= 11 is 6.00.